The molecule has 0 fully saturated rings. The lowest BCUT2D eigenvalue weighted by Crippen LogP contribution is -2.29. The average Bonchev–Trinajstić information content (AvgIpc) is 3.09. The van der Waals surface area contributed by atoms with Gasteiger partial charge < -0.3 is 4.42 Å². The van der Waals surface area contributed by atoms with Crippen molar-refractivity contribution in [3.63, 3.8) is 0 Å². The topological polar surface area (TPSA) is 50.5 Å². The molecule has 6 heteroatoms. The number of anilines is 1. The minimum absolute atomic E-state index is 0.0321. The second kappa shape index (κ2) is 7.61. The first kappa shape index (κ1) is 20.5. The largest absolute Gasteiger partial charge is 0.450 e. The van der Waals surface area contributed by atoms with Crippen molar-refractivity contribution in [1.29, 1.82) is 0 Å². The third kappa shape index (κ3) is 3.12. The van der Waals surface area contributed by atoms with Crippen molar-refractivity contribution < 1.29 is 13.6 Å². The second-order valence-electron chi connectivity index (χ2n) is 7.92. The quantitative estimate of drug-likeness (QED) is 0.375. The Kier molecular flexibility index (Phi) is 4.86. The van der Waals surface area contributed by atoms with Crippen LogP contribution < -0.4 is 10.3 Å². The van der Waals surface area contributed by atoms with Gasteiger partial charge >= 0.3 is 0 Å². The van der Waals surface area contributed by atoms with Gasteiger partial charge in [0.15, 0.2) is 5.43 Å². The first-order valence-corrected chi connectivity index (χ1v) is 10.7. The predicted octanol–water partition coefficient (Wildman–Crippen LogP) is 6.21. The number of rotatable bonds is 3. The van der Waals surface area contributed by atoms with Crippen molar-refractivity contribution in [3.05, 3.63) is 110 Å². The van der Waals surface area contributed by atoms with Crippen molar-refractivity contribution >= 4 is 34.2 Å². The molecule has 0 saturated heterocycles. The summed E-state index contributed by atoms with van der Waals surface area (Å²) in [4.78, 5) is 28.6. The van der Waals surface area contributed by atoms with Crippen LogP contribution in [0.1, 0.15) is 45.8 Å². The first-order chi connectivity index (χ1) is 15.4. The van der Waals surface area contributed by atoms with Gasteiger partial charge in [0, 0.05) is 10.7 Å². The van der Waals surface area contributed by atoms with Crippen LogP contribution in [0.15, 0.2) is 69.9 Å². The van der Waals surface area contributed by atoms with E-state index in [1.165, 1.54) is 17.0 Å². The summed E-state index contributed by atoms with van der Waals surface area (Å²) in [6.45, 7) is 3.93. The highest BCUT2D eigenvalue weighted by molar-refractivity contribution is 6.31. The van der Waals surface area contributed by atoms with Gasteiger partial charge in [0.2, 0.25) is 5.76 Å². The number of halogens is 2. The molecule has 4 nitrogen and oxygen atoms in total. The standard InChI is InChI=1S/C26H19ClFNO3/c1-3-15-5-7-16(8-6-15)23-22-24(30)19-12-17(28)9-11-21(19)32-25(22)26(31)29(23)18-10-4-14(2)20(27)13-18/h4-13,23H,3H2,1-2H3. The minimum atomic E-state index is -0.717. The summed E-state index contributed by atoms with van der Waals surface area (Å²) in [6, 6.07) is 16.1. The van der Waals surface area contributed by atoms with Crippen LogP contribution in [0, 0.1) is 12.7 Å². The van der Waals surface area contributed by atoms with Gasteiger partial charge in [0.25, 0.3) is 5.91 Å². The SMILES string of the molecule is CCc1ccc(C2c3c(oc4ccc(F)cc4c3=O)C(=O)N2c2ccc(C)c(Cl)c2)cc1. The third-order valence-electron chi connectivity index (χ3n) is 5.97. The van der Waals surface area contributed by atoms with Crippen LogP contribution in [0.5, 0.6) is 0 Å². The minimum Gasteiger partial charge on any atom is -0.450 e. The highest BCUT2D eigenvalue weighted by atomic mass is 35.5. The van der Waals surface area contributed by atoms with Crippen molar-refractivity contribution in [2.24, 2.45) is 0 Å². The Labute approximate surface area is 188 Å². The highest BCUT2D eigenvalue weighted by Crippen LogP contribution is 2.42. The third-order valence-corrected chi connectivity index (χ3v) is 6.38. The molecule has 1 atom stereocenters. The van der Waals surface area contributed by atoms with Crippen LogP contribution in [0.4, 0.5) is 10.1 Å². The van der Waals surface area contributed by atoms with E-state index in [4.69, 9.17) is 16.0 Å². The van der Waals surface area contributed by atoms with Crippen molar-refractivity contribution in [1.82, 2.24) is 0 Å². The molecule has 5 rings (SSSR count). The molecule has 4 aromatic rings. The number of hydrogen-bond donors (Lipinski definition) is 0. The zero-order chi connectivity index (χ0) is 22.6. The Morgan fingerprint density at radius 1 is 1.03 bits per heavy atom. The number of hydrogen-bond acceptors (Lipinski definition) is 3. The molecule has 32 heavy (non-hydrogen) atoms. The van der Waals surface area contributed by atoms with E-state index in [1.807, 2.05) is 37.3 Å². The maximum atomic E-state index is 13.9. The summed E-state index contributed by atoms with van der Waals surface area (Å²) in [5, 5.41) is 0.619. The zero-order valence-corrected chi connectivity index (χ0v) is 18.2. The summed E-state index contributed by atoms with van der Waals surface area (Å²) >= 11 is 6.35. The molecular weight excluding hydrogens is 429 g/mol. The Balaban J connectivity index is 1.80. The zero-order valence-electron chi connectivity index (χ0n) is 17.5. The highest BCUT2D eigenvalue weighted by Gasteiger charge is 2.43. The summed E-state index contributed by atoms with van der Waals surface area (Å²) in [6.07, 6.45) is 0.865. The summed E-state index contributed by atoms with van der Waals surface area (Å²) in [5.74, 6) is -1.01. The van der Waals surface area contributed by atoms with Gasteiger partial charge in [-0.15, -0.1) is 0 Å². The molecule has 160 valence electrons. The maximum Gasteiger partial charge on any atom is 0.295 e. The van der Waals surface area contributed by atoms with Crippen LogP contribution in [0.2, 0.25) is 5.02 Å². The number of amides is 1. The molecule has 1 aromatic heterocycles. The molecule has 0 radical (unpaired) electrons. The Bertz CT molecular complexity index is 1440. The normalized spacial score (nSPS) is 15.4. The van der Waals surface area contributed by atoms with E-state index in [2.05, 4.69) is 6.92 Å². The molecule has 1 aliphatic rings. The summed E-state index contributed by atoms with van der Waals surface area (Å²) < 4.78 is 19.8. The van der Waals surface area contributed by atoms with Gasteiger partial charge in [0.05, 0.1) is 17.0 Å². The fourth-order valence-electron chi connectivity index (χ4n) is 4.19. The molecular formula is C26H19ClFNO3. The number of aryl methyl sites for hydroxylation is 2. The smallest absolute Gasteiger partial charge is 0.295 e. The second-order valence-corrected chi connectivity index (χ2v) is 8.33. The molecule has 0 N–H and O–H groups in total. The Morgan fingerprint density at radius 2 is 1.78 bits per heavy atom. The van der Waals surface area contributed by atoms with Gasteiger partial charge in [-0.25, -0.2) is 4.39 Å². The van der Waals surface area contributed by atoms with Gasteiger partial charge in [-0.3, -0.25) is 14.5 Å². The van der Waals surface area contributed by atoms with Crippen LogP contribution in [0.25, 0.3) is 11.0 Å². The van der Waals surface area contributed by atoms with E-state index in [9.17, 15) is 14.0 Å². The number of benzene rings is 3. The number of fused-ring (bicyclic) bond motifs is 2. The number of nitrogens with zero attached hydrogens (tertiary/aromatic N) is 1. The van der Waals surface area contributed by atoms with Crippen LogP contribution in [0.3, 0.4) is 0 Å². The van der Waals surface area contributed by atoms with E-state index in [0.717, 1.165) is 29.2 Å². The molecule has 2 heterocycles. The number of carbonyl (C=O) groups is 1. The van der Waals surface area contributed by atoms with E-state index < -0.39 is 23.2 Å². The van der Waals surface area contributed by atoms with Crippen LogP contribution in [-0.2, 0) is 6.42 Å². The fraction of sp³-hybridized carbons (Fsp3) is 0.154. The van der Waals surface area contributed by atoms with Gasteiger partial charge in [-0.2, -0.15) is 0 Å². The lowest BCUT2D eigenvalue weighted by Gasteiger charge is -2.25. The van der Waals surface area contributed by atoms with Gasteiger partial charge in [-0.05, 0) is 60.4 Å². The lowest BCUT2D eigenvalue weighted by molar-refractivity contribution is 0.0971. The fourth-order valence-corrected chi connectivity index (χ4v) is 4.37. The van der Waals surface area contributed by atoms with E-state index >= 15 is 0 Å². The molecule has 0 bridgehead atoms. The van der Waals surface area contributed by atoms with Crippen LogP contribution >= 0.6 is 11.6 Å². The Hall–Kier alpha value is -3.44. The van der Waals surface area contributed by atoms with E-state index in [0.29, 0.717) is 10.7 Å². The molecule has 3 aromatic carbocycles. The van der Waals surface area contributed by atoms with Crippen molar-refractivity contribution in [2.45, 2.75) is 26.3 Å². The molecule has 1 amide bonds. The summed E-state index contributed by atoms with van der Waals surface area (Å²) in [7, 11) is 0. The molecule has 1 unspecified atom stereocenters. The molecule has 0 aliphatic carbocycles. The van der Waals surface area contributed by atoms with Crippen molar-refractivity contribution in [3.8, 4) is 0 Å². The molecule has 0 saturated carbocycles. The Morgan fingerprint density at radius 3 is 2.47 bits per heavy atom. The number of carbonyl (C=O) groups excluding carboxylic acids is 1. The van der Waals surface area contributed by atoms with Gasteiger partial charge in [-0.1, -0.05) is 48.9 Å². The van der Waals surface area contributed by atoms with E-state index in [-0.39, 0.29) is 22.3 Å². The average molecular weight is 448 g/mol. The molecule has 0 spiro atoms. The maximum absolute atomic E-state index is 13.9. The van der Waals surface area contributed by atoms with Gasteiger partial charge in [0.1, 0.15) is 11.4 Å². The monoisotopic (exact) mass is 447 g/mol. The predicted molar refractivity (Wildman–Crippen MR) is 123 cm³/mol. The van der Waals surface area contributed by atoms with E-state index in [1.54, 1.807) is 12.1 Å². The lowest BCUT2D eigenvalue weighted by atomic mass is 9.97. The summed E-state index contributed by atoms with van der Waals surface area (Å²) in [5.41, 5.74) is 3.28. The molecule has 1 aliphatic heterocycles. The first-order valence-electron chi connectivity index (χ1n) is 10.3. The van der Waals surface area contributed by atoms with Crippen LogP contribution in [-0.4, -0.2) is 5.91 Å². The van der Waals surface area contributed by atoms with Crippen molar-refractivity contribution in [2.75, 3.05) is 4.90 Å².